The molecule has 1 saturated carbocycles. The molecule has 1 fully saturated rings. The Labute approximate surface area is 124 Å². The molecule has 0 aliphatic heterocycles. The second-order valence-corrected chi connectivity index (χ2v) is 5.68. The molecular formula is C13H14INO4. The van der Waals surface area contributed by atoms with E-state index in [0.717, 1.165) is 3.57 Å². The zero-order valence-corrected chi connectivity index (χ0v) is 12.5. The molecule has 1 aromatic rings. The van der Waals surface area contributed by atoms with E-state index in [0.29, 0.717) is 24.2 Å². The van der Waals surface area contributed by atoms with E-state index in [-0.39, 0.29) is 17.9 Å². The number of benzene rings is 1. The van der Waals surface area contributed by atoms with Gasteiger partial charge in [0.05, 0.1) is 18.6 Å². The number of nitrogens with one attached hydrogen (secondary N) is 1. The number of methoxy groups -OCH3 is 1. The van der Waals surface area contributed by atoms with Crippen molar-refractivity contribution in [1.82, 2.24) is 5.32 Å². The zero-order valence-electron chi connectivity index (χ0n) is 10.4. The highest BCUT2D eigenvalue weighted by atomic mass is 127. The molecule has 0 heterocycles. The predicted molar refractivity (Wildman–Crippen MR) is 77.3 cm³/mol. The van der Waals surface area contributed by atoms with Gasteiger partial charge in [-0.2, -0.15) is 0 Å². The first-order valence-electron chi connectivity index (χ1n) is 5.88. The summed E-state index contributed by atoms with van der Waals surface area (Å²) in [7, 11) is 1.57. The number of carbonyl (C=O) groups is 2. The number of halogens is 1. The number of carboxylic acids is 1. The fraction of sp³-hybridized carbons (Fsp3) is 0.385. The first-order chi connectivity index (χ1) is 9.01. The van der Waals surface area contributed by atoms with Gasteiger partial charge in [-0.15, -0.1) is 0 Å². The molecule has 0 unspecified atom stereocenters. The Balaban J connectivity index is 1.96. The summed E-state index contributed by atoms with van der Waals surface area (Å²) in [6.07, 6.45) is 1.02. The van der Waals surface area contributed by atoms with Crippen LogP contribution in [0.5, 0.6) is 5.75 Å². The molecule has 19 heavy (non-hydrogen) atoms. The summed E-state index contributed by atoms with van der Waals surface area (Å²) in [6, 6.07) is 5.20. The van der Waals surface area contributed by atoms with Gasteiger partial charge in [-0.3, -0.25) is 9.59 Å². The lowest BCUT2D eigenvalue weighted by atomic mass is 9.80. The van der Waals surface area contributed by atoms with E-state index in [1.165, 1.54) is 0 Å². The number of hydrogen-bond acceptors (Lipinski definition) is 3. The van der Waals surface area contributed by atoms with Gasteiger partial charge in [0.25, 0.3) is 5.91 Å². The van der Waals surface area contributed by atoms with Gasteiger partial charge in [-0.25, -0.2) is 0 Å². The van der Waals surface area contributed by atoms with Gasteiger partial charge in [0.15, 0.2) is 0 Å². The molecule has 5 nitrogen and oxygen atoms in total. The van der Waals surface area contributed by atoms with Crippen molar-refractivity contribution >= 4 is 34.5 Å². The SMILES string of the molecule is COc1ccc(C(=O)NC2CC(C(=O)O)C2)c(I)c1. The van der Waals surface area contributed by atoms with Crippen LogP contribution in [0, 0.1) is 9.49 Å². The van der Waals surface area contributed by atoms with Gasteiger partial charge in [0, 0.05) is 9.61 Å². The summed E-state index contributed by atoms with van der Waals surface area (Å²) in [4.78, 5) is 22.7. The molecule has 102 valence electrons. The Hall–Kier alpha value is -1.31. The maximum atomic E-state index is 12.0. The van der Waals surface area contributed by atoms with Crippen LogP contribution in [0.2, 0.25) is 0 Å². The molecule has 0 spiro atoms. The van der Waals surface area contributed by atoms with Crippen molar-refractivity contribution in [3.8, 4) is 5.75 Å². The Morgan fingerprint density at radius 2 is 2.11 bits per heavy atom. The second-order valence-electron chi connectivity index (χ2n) is 4.52. The van der Waals surface area contributed by atoms with E-state index >= 15 is 0 Å². The van der Waals surface area contributed by atoms with E-state index < -0.39 is 5.97 Å². The average molecular weight is 375 g/mol. The Kier molecular flexibility index (Phi) is 4.28. The Bertz CT molecular complexity index is 511. The molecule has 6 heteroatoms. The van der Waals surface area contributed by atoms with E-state index in [4.69, 9.17) is 9.84 Å². The van der Waals surface area contributed by atoms with E-state index in [1.807, 2.05) is 0 Å². The lowest BCUT2D eigenvalue weighted by Crippen LogP contribution is -2.46. The van der Waals surface area contributed by atoms with Gasteiger partial charge in [-0.1, -0.05) is 0 Å². The summed E-state index contributed by atoms with van der Waals surface area (Å²) in [6.45, 7) is 0. The lowest BCUT2D eigenvalue weighted by molar-refractivity contribution is -0.145. The number of ether oxygens (including phenoxy) is 1. The summed E-state index contributed by atoms with van der Waals surface area (Å²) in [5.74, 6) is -0.568. The highest BCUT2D eigenvalue weighted by molar-refractivity contribution is 14.1. The minimum Gasteiger partial charge on any atom is -0.497 e. The van der Waals surface area contributed by atoms with Crippen molar-refractivity contribution in [3.05, 3.63) is 27.3 Å². The quantitative estimate of drug-likeness (QED) is 0.789. The number of rotatable bonds is 4. The second kappa shape index (κ2) is 5.77. The molecule has 1 aromatic carbocycles. The number of carboxylic acid groups (broad SMARTS) is 1. The number of hydrogen-bond donors (Lipinski definition) is 2. The van der Waals surface area contributed by atoms with Crippen LogP contribution in [0.25, 0.3) is 0 Å². The van der Waals surface area contributed by atoms with Crippen molar-refractivity contribution in [3.63, 3.8) is 0 Å². The fourth-order valence-electron chi connectivity index (χ4n) is 2.01. The molecule has 1 aliphatic rings. The van der Waals surface area contributed by atoms with Gasteiger partial charge in [0.2, 0.25) is 0 Å². The molecule has 0 saturated heterocycles. The Morgan fingerprint density at radius 3 is 2.63 bits per heavy atom. The lowest BCUT2D eigenvalue weighted by Gasteiger charge is -2.32. The molecule has 0 atom stereocenters. The number of amides is 1. The van der Waals surface area contributed by atoms with Crippen molar-refractivity contribution in [1.29, 1.82) is 0 Å². The van der Waals surface area contributed by atoms with Crippen molar-refractivity contribution < 1.29 is 19.4 Å². The van der Waals surface area contributed by atoms with Gasteiger partial charge in [0.1, 0.15) is 5.75 Å². The van der Waals surface area contributed by atoms with Crippen LogP contribution in [0.4, 0.5) is 0 Å². The van der Waals surface area contributed by atoms with Crippen LogP contribution in [-0.4, -0.2) is 30.1 Å². The summed E-state index contributed by atoms with van der Waals surface area (Å²) < 4.78 is 5.89. The molecular weight excluding hydrogens is 361 g/mol. The van der Waals surface area contributed by atoms with Crippen LogP contribution >= 0.6 is 22.6 Å². The number of carbonyl (C=O) groups excluding carboxylic acids is 1. The van der Waals surface area contributed by atoms with Crippen LogP contribution < -0.4 is 10.1 Å². The maximum absolute atomic E-state index is 12.0. The zero-order chi connectivity index (χ0) is 14.0. The third-order valence-electron chi connectivity index (χ3n) is 3.24. The smallest absolute Gasteiger partial charge is 0.306 e. The average Bonchev–Trinajstić information content (AvgIpc) is 2.32. The largest absolute Gasteiger partial charge is 0.497 e. The summed E-state index contributed by atoms with van der Waals surface area (Å²) >= 11 is 2.08. The third kappa shape index (κ3) is 3.17. The summed E-state index contributed by atoms with van der Waals surface area (Å²) in [5, 5.41) is 11.6. The molecule has 0 bridgehead atoms. The van der Waals surface area contributed by atoms with Gasteiger partial charge >= 0.3 is 5.97 Å². The molecule has 0 aromatic heterocycles. The highest BCUT2D eigenvalue weighted by Crippen LogP contribution is 2.28. The van der Waals surface area contributed by atoms with Crippen LogP contribution in [-0.2, 0) is 4.79 Å². The van der Waals surface area contributed by atoms with Crippen molar-refractivity contribution in [2.75, 3.05) is 7.11 Å². The van der Waals surface area contributed by atoms with E-state index in [2.05, 4.69) is 27.9 Å². The van der Waals surface area contributed by atoms with Crippen LogP contribution in [0.15, 0.2) is 18.2 Å². The minimum atomic E-state index is -0.787. The first-order valence-corrected chi connectivity index (χ1v) is 6.96. The maximum Gasteiger partial charge on any atom is 0.306 e. The molecule has 2 N–H and O–H groups in total. The van der Waals surface area contributed by atoms with Crippen LogP contribution in [0.3, 0.4) is 0 Å². The molecule has 1 amide bonds. The topological polar surface area (TPSA) is 75.6 Å². The summed E-state index contributed by atoms with van der Waals surface area (Å²) in [5.41, 5.74) is 0.583. The third-order valence-corrected chi connectivity index (χ3v) is 4.14. The predicted octanol–water partition coefficient (Wildman–Crippen LogP) is 1.89. The van der Waals surface area contributed by atoms with Crippen molar-refractivity contribution in [2.24, 2.45) is 5.92 Å². The van der Waals surface area contributed by atoms with Gasteiger partial charge < -0.3 is 15.2 Å². The molecule has 0 radical (unpaired) electrons. The Morgan fingerprint density at radius 1 is 1.42 bits per heavy atom. The normalized spacial score (nSPS) is 21.4. The minimum absolute atomic E-state index is 0.0356. The number of aliphatic carboxylic acids is 1. The van der Waals surface area contributed by atoms with Crippen LogP contribution in [0.1, 0.15) is 23.2 Å². The van der Waals surface area contributed by atoms with Gasteiger partial charge in [-0.05, 0) is 53.6 Å². The standard InChI is InChI=1S/C13H14INO4/c1-19-9-2-3-10(11(14)6-9)12(16)15-8-4-7(5-8)13(17)18/h2-3,6-8H,4-5H2,1H3,(H,15,16)(H,17,18). The molecule has 2 rings (SSSR count). The molecule has 1 aliphatic carbocycles. The van der Waals surface area contributed by atoms with Crippen molar-refractivity contribution in [2.45, 2.75) is 18.9 Å². The van der Waals surface area contributed by atoms with E-state index in [1.54, 1.807) is 25.3 Å². The monoisotopic (exact) mass is 375 g/mol. The van der Waals surface area contributed by atoms with E-state index in [9.17, 15) is 9.59 Å². The highest BCUT2D eigenvalue weighted by Gasteiger charge is 2.35. The fourth-order valence-corrected chi connectivity index (χ4v) is 2.74. The first kappa shape index (κ1) is 14.1.